The number of aliphatic hydroxyl groups is 1. The molecular weight excluding hydrogens is 222 g/mol. The summed E-state index contributed by atoms with van der Waals surface area (Å²) >= 11 is 0. The van der Waals surface area contributed by atoms with E-state index in [1.807, 2.05) is 0 Å². The lowest BCUT2D eigenvalue weighted by atomic mass is 10.0. The molecule has 2 nitrogen and oxygen atoms in total. The lowest BCUT2D eigenvalue weighted by molar-refractivity contribution is 0.125. The largest absolute Gasteiger partial charge is 0.387 e. The van der Waals surface area contributed by atoms with Crippen LogP contribution >= 0.6 is 0 Å². The van der Waals surface area contributed by atoms with Gasteiger partial charge < -0.3 is 10.0 Å². The summed E-state index contributed by atoms with van der Waals surface area (Å²) in [5, 5.41) is 10.3. The van der Waals surface area contributed by atoms with Crippen molar-refractivity contribution in [2.45, 2.75) is 46.1 Å². The van der Waals surface area contributed by atoms with E-state index < -0.39 is 0 Å². The second-order valence-corrected chi connectivity index (χ2v) is 5.35. The summed E-state index contributed by atoms with van der Waals surface area (Å²) in [6.45, 7) is 8.13. The second kappa shape index (κ2) is 7.55. The van der Waals surface area contributed by atoms with Crippen LogP contribution in [0.3, 0.4) is 0 Å². The molecule has 0 aromatic heterocycles. The van der Waals surface area contributed by atoms with Crippen molar-refractivity contribution in [1.29, 1.82) is 0 Å². The van der Waals surface area contributed by atoms with E-state index in [1.54, 1.807) is 0 Å². The third-order valence-electron chi connectivity index (χ3n) is 3.42. The van der Waals surface area contributed by atoms with Gasteiger partial charge in [-0.15, -0.1) is 0 Å². The van der Waals surface area contributed by atoms with Gasteiger partial charge in [0.05, 0.1) is 6.10 Å². The molecule has 0 aliphatic heterocycles. The highest BCUT2D eigenvalue weighted by Crippen LogP contribution is 2.20. The van der Waals surface area contributed by atoms with Crippen LogP contribution < -0.4 is 0 Å². The van der Waals surface area contributed by atoms with Crippen LogP contribution in [0.2, 0.25) is 0 Å². The van der Waals surface area contributed by atoms with Crippen LogP contribution in [0.1, 0.15) is 49.0 Å². The minimum absolute atomic E-state index is 0.378. The van der Waals surface area contributed by atoms with Gasteiger partial charge in [0.2, 0.25) is 0 Å². The third-order valence-corrected chi connectivity index (χ3v) is 3.42. The Morgan fingerprint density at radius 1 is 1.22 bits per heavy atom. The van der Waals surface area contributed by atoms with Gasteiger partial charge >= 0.3 is 0 Å². The van der Waals surface area contributed by atoms with Gasteiger partial charge in [-0.2, -0.15) is 0 Å². The average molecular weight is 249 g/mol. The van der Waals surface area contributed by atoms with E-state index in [4.69, 9.17) is 0 Å². The van der Waals surface area contributed by atoms with E-state index in [-0.39, 0.29) is 6.10 Å². The van der Waals surface area contributed by atoms with E-state index in [9.17, 15) is 5.11 Å². The number of benzene rings is 1. The lowest BCUT2D eigenvalue weighted by Gasteiger charge is -2.22. The fourth-order valence-electron chi connectivity index (χ4n) is 2.24. The predicted octanol–water partition coefficient (Wildman–Crippen LogP) is 3.46. The summed E-state index contributed by atoms with van der Waals surface area (Å²) in [5.74, 6) is 0. The summed E-state index contributed by atoms with van der Waals surface area (Å²) in [7, 11) is 2.09. The highest BCUT2D eigenvalue weighted by atomic mass is 16.3. The Kier molecular flexibility index (Phi) is 6.37. The van der Waals surface area contributed by atoms with Crippen molar-refractivity contribution in [3.63, 3.8) is 0 Å². The molecule has 1 unspecified atom stereocenters. The molecule has 0 fully saturated rings. The Hall–Kier alpha value is -0.860. The van der Waals surface area contributed by atoms with Crippen LogP contribution in [0.5, 0.6) is 0 Å². The minimum Gasteiger partial charge on any atom is -0.387 e. The van der Waals surface area contributed by atoms with E-state index in [0.717, 1.165) is 12.1 Å². The van der Waals surface area contributed by atoms with Crippen LogP contribution in [-0.4, -0.2) is 30.1 Å². The van der Waals surface area contributed by atoms with Crippen LogP contribution in [0.25, 0.3) is 0 Å². The number of aliphatic hydroxyl groups excluding tert-OH is 1. The fourth-order valence-corrected chi connectivity index (χ4v) is 2.24. The third kappa shape index (κ3) is 4.79. The molecule has 0 radical (unpaired) electrons. The molecular formula is C16H27NO. The molecule has 0 heterocycles. The SMILES string of the molecule is CCCCCN(C)CC(O)c1cc(C)ccc1C. The first kappa shape index (κ1) is 15.2. The topological polar surface area (TPSA) is 23.5 Å². The molecule has 1 atom stereocenters. The first-order chi connectivity index (χ1) is 8.54. The molecule has 0 amide bonds. The van der Waals surface area contributed by atoms with E-state index in [2.05, 4.69) is 50.9 Å². The number of hydrogen-bond donors (Lipinski definition) is 1. The molecule has 0 saturated carbocycles. The standard InChI is InChI=1S/C16H27NO/c1-5-6-7-10-17(4)12-16(18)15-11-13(2)8-9-14(15)3/h8-9,11,16,18H,5-7,10,12H2,1-4H3. The van der Waals surface area contributed by atoms with Crippen molar-refractivity contribution in [3.05, 3.63) is 34.9 Å². The fraction of sp³-hybridized carbons (Fsp3) is 0.625. The Balaban J connectivity index is 2.53. The summed E-state index contributed by atoms with van der Waals surface area (Å²) in [6, 6.07) is 6.28. The summed E-state index contributed by atoms with van der Waals surface area (Å²) in [6.07, 6.45) is 3.35. The van der Waals surface area contributed by atoms with Crippen molar-refractivity contribution in [2.24, 2.45) is 0 Å². The van der Waals surface area contributed by atoms with Crippen LogP contribution in [0.15, 0.2) is 18.2 Å². The molecule has 1 rings (SSSR count). The Bertz CT molecular complexity index is 362. The zero-order valence-corrected chi connectivity index (χ0v) is 12.2. The number of nitrogens with zero attached hydrogens (tertiary/aromatic N) is 1. The summed E-state index contributed by atoms with van der Waals surface area (Å²) < 4.78 is 0. The van der Waals surface area contributed by atoms with Gasteiger partial charge in [-0.3, -0.25) is 0 Å². The van der Waals surface area contributed by atoms with Crippen molar-refractivity contribution in [2.75, 3.05) is 20.1 Å². The second-order valence-electron chi connectivity index (χ2n) is 5.35. The van der Waals surface area contributed by atoms with E-state index >= 15 is 0 Å². The molecule has 0 spiro atoms. The number of likely N-dealkylation sites (N-methyl/N-ethyl adjacent to an activating group) is 1. The number of unbranched alkanes of at least 4 members (excludes halogenated alkanes) is 2. The first-order valence-corrected chi connectivity index (χ1v) is 6.98. The van der Waals surface area contributed by atoms with E-state index in [1.165, 1.54) is 30.4 Å². The van der Waals surface area contributed by atoms with Crippen LogP contribution in [-0.2, 0) is 0 Å². The molecule has 0 saturated heterocycles. The van der Waals surface area contributed by atoms with Crippen molar-refractivity contribution in [1.82, 2.24) is 4.90 Å². The predicted molar refractivity (Wildman–Crippen MR) is 77.9 cm³/mol. The molecule has 2 heteroatoms. The highest BCUT2D eigenvalue weighted by Gasteiger charge is 2.12. The van der Waals surface area contributed by atoms with Gasteiger partial charge in [-0.25, -0.2) is 0 Å². The summed E-state index contributed by atoms with van der Waals surface area (Å²) in [5.41, 5.74) is 3.45. The number of aryl methyl sites for hydroxylation is 2. The summed E-state index contributed by atoms with van der Waals surface area (Å²) in [4.78, 5) is 2.22. The lowest BCUT2D eigenvalue weighted by Crippen LogP contribution is -2.26. The van der Waals surface area contributed by atoms with Crippen molar-refractivity contribution in [3.8, 4) is 0 Å². The molecule has 1 aromatic rings. The van der Waals surface area contributed by atoms with Crippen LogP contribution in [0, 0.1) is 13.8 Å². The zero-order chi connectivity index (χ0) is 13.5. The number of rotatable bonds is 7. The Labute approximate surface area is 112 Å². The molecule has 0 aliphatic carbocycles. The first-order valence-electron chi connectivity index (χ1n) is 6.98. The minimum atomic E-state index is -0.378. The Morgan fingerprint density at radius 3 is 2.61 bits per heavy atom. The molecule has 0 bridgehead atoms. The molecule has 1 N–H and O–H groups in total. The van der Waals surface area contributed by atoms with Gasteiger partial charge in [0, 0.05) is 6.54 Å². The van der Waals surface area contributed by atoms with Gasteiger partial charge in [-0.05, 0) is 45.0 Å². The quantitative estimate of drug-likeness (QED) is 0.748. The maximum atomic E-state index is 10.3. The van der Waals surface area contributed by atoms with Gasteiger partial charge in [-0.1, -0.05) is 43.5 Å². The average Bonchev–Trinajstić information content (AvgIpc) is 2.32. The number of hydrogen-bond acceptors (Lipinski definition) is 2. The maximum absolute atomic E-state index is 10.3. The van der Waals surface area contributed by atoms with Gasteiger partial charge in [0.25, 0.3) is 0 Å². The normalized spacial score (nSPS) is 13.0. The molecule has 1 aromatic carbocycles. The van der Waals surface area contributed by atoms with Crippen molar-refractivity contribution < 1.29 is 5.11 Å². The monoisotopic (exact) mass is 249 g/mol. The van der Waals surface area contributed by atoms with Gasteiger partial charge in [0.15, 0.2) is 0 Å². The Morgan fingerprint density at radius 2 is 1.94 bits per heavy atom. The van der Waals surface area contributed by atoms with E-state index in [0.29, 0.717) is 6.54 Å². The van der Waals surface area contributed by atoms with Crippen molar-refractivity contribution >= 4 is 0 Å². The smallest absolute Gasteiger partial charge is 0.0919 e. The molecule has 102 valence electrons. The molecule has 18 heavy (non-hydrogen) atoms. The van der Waals surface area contributed by atoms with Gasteiger partial charge in [0.1, 0.15) is 0 Å². The maximum Gasteiger partial charge on any atom is 0.0919 e. The zero-order valence-electron chi connectivity index (χ0n) is 12.2. The molecule has 0 aliphatic rings. The highest BCUT2D eigenvalue weighted by molar-refractivity contribution is 5.32. The van der Waals surface area contributed by atoms with Crippen LogP contribution in [0.4, 0.5) is 0 Å².